The Hall–Kier alpha value is -3.45. The zero-order chi connectivity index (χ0) is 21.8. The molecule has 1 N–H and O–H groups in total. The summed E-state index contributed by atoms with van der Waals surface area (Å²) in [5, 5.41) is 7.32. The Morgan fingerprint density at radius 2 is 1.94 bits per heavy atom. The molecule has 4 rings (SSSR count). The number of urea groups is 1. The maximum Gasteiger partial charge on any atom is 0.322 e. The number of nitrogens with zero attached hydrogens (tertiary/aromatic N) is 3. The number of nitrogens with one attached hydrogen (secondary N) is 1. The molecule has 160 valence electrons. The molecule has 0 aliphatic carbocycles. The number of rotatable bonds is 7. The maximum atomic E-state index is 12.9. The predicted octanol–water partition coefficient (Wildman–Crippen LogP) is 4.58. The number of benzene rings is 2. The van der Waals surface area contributed by atoms with Gasteiger partial charge in [-0.05, 0) is 31.9 Å². The molecule has 0 bridgehead atoms. The van der Waals surface area contributed by atoms with Crippen LogP contribution >= 0.6 is 0 Å². The first-order valence-electron chi connectivity index (χ1n) is 10.3. The van der Waals surface area contributed by atoms with Crippen molar-refractivity contribution in [1.82, 2.24) is 20.4 Å². The van der Waals surface area contributed by atoms with E-state index in [4.69, 9.17) is 9.26 Å². The minimum atomic E-state index is -0.377. The Morgan fingerprint density at radius 3 is 2.68 bits per heavy atom. The molecule has 1 atom stereocenters. The van der Waals surface area contributed by atoms with Gasteiger partial charge in [0.1, 0.15) is 0 Å². The van der Waals surface area contributed by atoms with Crippen molar-refractivity contribution in [3.05, 3.63) is 77.3 Å². The molecule has 0 saturated carbocycles. The maximum absolute atomic E-state index is 12.9. The Balaban J connectivity index is 1.76. The predicted molar refractivity (Wildman–Crippen MR) is 118 cm³/mol. The Morgan fingerprint density at radius 1 is 1.13 bits per heavy atom. The van der Waals surface area contributed by atoms with Crippen molar-refractivity contribution in [3.8, 4) is 11.4 Å². The van der Waals surface area contributed by atoms with Crippen LogP contribution in [0.1, 0.15) is 36.4 Å². The molecular weight excluding hydrogens is 392 g/mol. The van der Waals surface area contributed by atoms with Gasteiger partial charge in [-0.15, -0.1) is 0 Å². The topological polar surface area (TPSA) is 80.5 Å². The van der Waals surface area contributed by atoms with E-state index in [1.54, 1.807) is 12.0 Å². The molecule has 2 heterocycles. The zero-order valence-corrected chi connectivity index (χ0v) is 18.0. The SMILES string of the molecule is COCCCN1C(=O)NC(c2ccccc2)C(c2nc(-c3cccc(C)c3)no2)=C1C. The quantitative estimate of drug-likeness (QED) is 0.568. The number of hydrogen-bond donors (Lipinski definition) is 1. The summed E-state index contributed by atoms with van der Waals surface area (Å²) >= 11 is 0. The number of allylic oxidation sites excluding steroid dienone is 1. The van der Waals surface area contributed by atoms with Crippen LogP contribution in [0.15, 0.2) is 64.8 Å². The van der Waals surface area contributed by atoms with Crippen molar-refractivity contribution in [3.63, 3.8) is 0 Å². The molecule has 7 nitrogen and oxygen atoms in total. The monoisotopic (exact) mass is 418 g/mol. The van der Waals surface area contributed by atoms with E-state index >= 15 is 0 Å². The summed E-state index contributed by atoms with van der Waals surface area (Å²) in [6.45, 7) is 5.06. The van der Waals surface area contributed by atoms with E-state index in [0.717, 1.165) is 34.4 Å². The van der Waals surface area contributed by atoms with Crippen LogP contribution in [0.5, 0.6) is 0 Å². The molecule has 1 unspecified atom stereocenters. The smallest absolute Gasteiger partial charge is 0.322 e. The number of ether oxygens (including phenoxy) is 1. The van der Waals surface area contributed by atoms with Crippen molar-refractivity contribution >= 4 is 11.6 Å². The van der Waals surface area contributed by atoms with Gasteiger partial charge in [0, 0.05) is 31.5 Å². The normalized spacial score (nSPS) is 16.5. The fourth-order valence-corrected chi connectivity index (χ4v) is 3.82. The lowest BCUT2D eigenvalue weighted by molar-refractivity contribution is 0.174. The molecule has 2 aromatic carbocycles. The summed E-state index contributed by atoms with van der Waals surface area (Å²) in [6, 6.07) is 17.3. The van der Waals surface area contributed by atoms with Gasteiger partial charge in [-0.1, -0.05) is 59.3 Å². The molecule has 31 heavy (non-hydrogen) atoms. The average Bonchev–Trinajstić information content (AvgIpc) is 3.26. The van der Waals surface area contributed by atoms with Crippen molar-refractivity contribution in [2.45, 2.75) is 26.3 Å². The molecule has 7 heteroatoms. The van der Waals surface area contributed by atoms with Gasteiger partial charge in [-0.3, -0.25) is 4.90 Å². The zero-order valence-electron chi connectivity index (χ0n) is 18.0. The highest BCUT2D eigenvalue weighted by Crippen LogP contribution is 2.37. The van der Waals surface area contributed by atoms with Gasteiger partial charge in [0.25, 0.3) is 5.89 Å². The number of hydrogen-bond acceptors (Lipinski definition) is 5. The molecule has 2 amide bonds. The third kappa shape index (κ3) is 4.36. The largest absolute Gasteiger partial charge is 0.385 e. The van der Waals surface area contributed by atoms with Gasteiger partial charge in [-0.25, -0.2) is 4.79 Å². The molecule has 0 spiro atoms. The van der Waals surface area contributed by atoms with E-state index in [-0.39, 0.29) is 12.1 Å². The number of methoxy groups -OCH3 is 1. The Bertz CT molecular complexity index is 1090. The lowest BCUT2D eigenvalue weighted by Gasteiger charge is -2.35. The van der Waals surface area contributed by atoms with Crippen LogP contribution < -0.4 is 5.32 Å². The first-order chi connectivity index (χ1) is 15.1. The second kappa shape index (κ2) is 9.14. The molecule has 0 saturated heterocycles. The van der Waals surface area contributed by atoms with Crippen LogP contribution in [0.25, 0.3) is 17.0 Å². The molecule has 1 aromatic heterocycles. The second-order valence-electron chi connectivity index (χ2n) is 7.58. The Labute approximate surface area is 181 Å². The number of aromatic nitrogens is 2. The average molecular weight is 418 g/mol. The number of carbonyl (C=O) groups excluding carboxylic acids is 1. The van der Waals surface area contributed by atoms with Gasteiger partial charge >= 0.3 is 6.03 Å². The number of carbonyl (C=O) groups is 1. The van der Waals surface area contributed by atoms with Crippen molar-refractivity contribution in [2.75, 3.05) is 20.3 Å². The summed E-state index contributed by atoms with van der Waals surface area (Å²) in [4.78, 5) is 19.3. The molecule has 0 radical (unpaired) electrons. The Kier molecular flexibility index (Phi) is 6.13. The van der Waals surface area contributed by atoms with Crippen molar-refractivity contribution in [1.29, 1.82) is 0 Å². The number of amides is 2. The highest BCUT2D eigenvalue weighted by Gasteiger charge is 2.35. The van der Waals surface area contributed by atoms with Gasteiger partial charge in [0.05, 0.1) is 11.6 Å². The summed E-state index contributed by atoms with van der Waals surface area (Å²) in [7, 11) is 1.65. The third-order valence-electron chi connectivity index (χ3n) is 5.39. The minimum Gasteiger partial charge on any atom is -0.385 e. The fraction of sp³-hybridized carbons (Fsp3) is 0.292. The highest BCUT2D eigenvalue weighted by atomic mass is 16.5. The molecule has 3 aromatic rings. The third-order valence-corrected chi connectivity index (χ3v) is 5.39. The molecular formula is C24H26N4O3. The second-order valence-corrected chi connectivity index (χ2v) is 7.58. The summed E-state index contributed by atoms with van der Waals surface area (Å²) in [5.74, 6) is 0.924. The van der Waals surface area contributed by atoms with Crippen LogP contribution in [-0.4, -0.2) is 41.3 Å². The van der Waals surface area contributed by atoms with Crippen LogP contribution in [0.3, 0.4) is 0 Å². The van der Waals surface area contributed by atoms with Crippen LogP contribution in [-0.2, 0) is 4.74 Å². The molecule has 1 aliphatic rings. The van der Waals surface area contributed by atoms with E-state index < -0.39 is 0 Å². The van der Waals surface area contributed by atoms with Gasteiger partial charge in [-0.2, -0.15) is 4.98 Å². The first-order valence-corrected chi connectivity index (χ1v) is 10.3. The standard InChI is InChI=1S/C24H26N4O3/c1-16-9-7-12-19(15-16)22-26-23(31-27-22)20-17(2)28(13-8-14-30-3)24(29)25-21(20)18-10-5-4-6-11-18/h4-7,9-12,15,21H,8,13-14H2,1-3H3,(H,25,29). The fourth-order valence-electron chi connectivity index (χ4n) is 3.82. The summed E-state index contributed by atoms with van der Waals surface area (Å²) in [6.07, 6.45) is 0.725. The summed E-state index contributed by atoms with van der Waals surface area (Å²) < 4.78 is 10.9. The van der Waals surface area contributed by atoms with E-state index in [2.05, 4.69) is 15.5 Å². The number of aryl methyl sites for hydroxylation is 1. The van der Waals surface area contributed by atoms with Crippen molar-refractivity contribution in [2.24, 2.45) is 0 Å². The molecule has 1 aliphatic heterocycles. The lowest BCUT2D eigenvalue weighted by atomic mass is 9.94. The highest BCUT2D eigenvalue weighted by molar-refractivity contribution is 5.86. The van der Waals surface area contributed by atoms with E-state index in [1.807, 2.05) is 68.4 Å². The van der Waals surface area contributed by atoms with Gasteiger partial charge in [0.2, 0.25) is 5.82 Å². The minimum absolute atomic E-state index is 0.148. The van der Waals surface area contributed by atoms with Gasteiger partial charge in [0.15, 0.2) is 0 Å². The van der Waals surface area contributed by atoms with E-state index in [0.29, 0.717) is 24.9 Å². The van der Waals surface area contributed by atoms with Crippen LogP contribution in [0, 0.1) is 6.92 Å². The van der Waals surface area contributed by atoms with E-state index in [1.165, 1.54) is 0 Å². The molecule has 0 fully saturated rings. The lowest BCUT2D eigenvalue weighted by Crippen LogP contribution is -2.46. The van der Waals surface area contributed by atoms with Gasteiger partial charge < -0.3 is 14.6 Å². The first kappa shape index (κ1) is 20.8. The van der Waals surface area contributed by atoms with Crippen LogP contribution in [0.4, 0.5) is 4.79 Å². The van der Waals surface area contributed by atoms with Crippen LogP contribution in [0.2, 0.25) is 0 Å². The van der Waals surface area contributed by atoms with Crippen molar-refractivity contribution < 1.29 is 14.1 Å². The summed E-state index contributed by atoms with van der Waals surface area (Å²) in [5.41, 5.74) is 4.57. The van der Waals surface area contributed by atoms with E-state index in [9.17, 15) is 4.79 Å².